The van der Waals surface area contributed by atoms with Crippen molar-refractivity contribution >= 4 is 38.3 Å². The van der Waals surface area contributed by atoms with Crippen LogP contribution in [0.25, 0.3) is 16.6 Å². The van der Waals surface area contributed by atoms with Gasteiger partial charge in [0.05, 0.1) is 27.2 Å². The SMILES string of the molecule is C[C@@H](OC(=O)c1cccc(S(=O)(=O)Nc2ccccc2F)c1)C(O)=C(C#N)c1nc2ccccc2[nH]1. The summed E-state index contributed by atoms with van der Waals surface area (Å²) in [6, 6.07) is 19.1. The van der Waals surface area contributed by atoms with E-state index in [0.717, 1.165) is 12.1 Å². The van der Waals surface area contributed by atoms with E-state index in [9.17, 15) is 28.0 Å². The zero-order valence-corrected chi connectivity index (χ0v) is 19.6. The first kappa shape index (κ1) is 24.4. The minimum atomic E-state index is -4.21. The summed E-state index contributed by atoms with van der Waals surface area (Å²) in [5.41, 5.74) is 0.647. The molecule has 182 valence electrons. The van der Waals surface area contributed by atoms with Gasteiger partial charge in [-0.25, -0.2) is 22.6 Å². The molecule has 0 spiro atoms. The summed E-state index contributed by atoms with van der Waals surface area (Å²) >= 11 is 0. The molecule has 4 aromatic rings. The van der Waals surface area contributed by atoms with E-state index in [-0.39, 0.29) is 27.5 Å². The first-order valence-electron chi connectivity index (χ1n) is 10.6. The van der Waals surface area contributed by atoms with Gasteiger partial charge in [-0.2, -0.15) is 5.26 Å². The van der Waals surface area contributed by atoms with Crippen LogP contribution in [0.2, 0.25) is 0 Å². The lowest BCUT2D eigenvalue weighted by molar-refractivity contribution is 0.0334. The Balaban J connectivity index is 1.55. The number of halogens is 1. The van der Waals surface area contributed by atoms with E-state index in [1.807, 2.05) is 6.07 Å². The Kier molecular flexibility index (Phi) is 6.71. The first-order chi connectivity index (χ1) is 17.2. The van der Waals surface area contributed by atoms with Gasteiger partial charge in [0.15, 0.2) is 17.7 Å². The Morgan fingerprint density at radius 2 is 1.86 bits per heavy atom. The summed E-state index contributed by atoms with van der Waals surface area (Å²) in [5, 5.41) is 20.2. The number of allylic oxidation sites excluding steroid dienone is 1. The lowest BCUT2D eigenvalue weighted by Crippen LogP contribution is -2.19. The first-order valence-corrected chi connectivity index (χ1v) is 12.0. The van der Waals surface area contributed by atoms with Crippen LogP contribution in [0.1, 0.15) is 23.1 Å². The molecule has 11 heteroatoms. The molecule has 0 fully saturated rings. The molecule has 0 unspecified atom stereocenters. The molecule has 1 atom stereocenters. The topological polar surface area (TPSA) is 145 Å². The second-order valence-electron chi connectivity index (χ2n) is 7.64. The van der Waals surface area contributed by atoms with Crippen molar-refractivity contribution in [1.29, 1.82) is 5.26 Å². The average Bonchev–Trinajstić information content (AvgIpc) is 3.29. The molecule has 0 radical (unpaired) electrons. The number of para-hydroxylation sites is 3. The van der Waals surface area contributed by atoms with Gasteiger partial charge in [-0.05, 0) is 49.4 Å². The number of fused-ring (bicyclic) bond motifs is 1. The summed E-state index contributed by atoms with van der Waals surface area (Å²) in [5.74, 6) is -2.13. The third-order valence-electron chi connectivity index (χ3n) is 5.16. The maximum Gasteiger partial charge on any atom is 0.338 e. The van der Waals surface area contributed by atoms with Gasteiger partial charge < -0.3 is 14.8 Å². The quantitative estimate of drug-likeness (QED) is 0.189. The fourth-order valence-corrected chi connectivity index (χ4v) is 4.44. The lowest BCUT2D eigenvalue weighted by Gasteiger charge is -2.14. The number of hydrogen-bond donors (Lipinski definition) is 3. The number of esters is 1. The molecule has 36 heavy (non-hydrogen) atoms. The monoisotopic (exact) mass is 506 g/mol. The largest absolute Gasteiger partial charge is 0.507 e. The van der Waals surface area contributed by atoms with E-state index in [1.165, 1.54) is 43.3 Å². The number of aliphatic hydroxyl groups is 1. The molecule has 0 aliphatic heterocycles. The number of hydrogen-bond acceptors (Lipinski definition) is 7. The van der Waals surface area contributed by atoms with Gasteiger partial charge in [0.25, 0.3) is 10.0 Å². The number of rotatable bonds is 7. The number of H-pyrrole nitrogens is 1. The van der Waals surface area contributed by atoms with Crippen molar-refractivity contribution in [2.24, 2.45) is 0 Å². The number of carbonyl (C=O) groups excluding carboxylic acids is 1. The number of aromatic nitrogens is 2. The van der Waals surface area contributed by atoms with Crippen LogP contribution in [0.3, 0.4) is 0 Å². The van der Waals surface area contributed by atoms with Crippen LogP contribution in [0.4, 0.5) is 10.1 Å². The zero-order chi connectivity index (χ0) is 25.9. The number of imidazole rings is 1. The number of anilines is 1. The number of carbonyl (C=O) groups is 1. The van der Waals surface area contributed by atoms with Gasteiger partial charge in [0.1, 0.15) is 17.5 Å². The molecule has 9 nitrogen and oxygen atoms in total. The number of nitriles is 1. The summed E-state index contributed by atoms with van der Waals surface area (Å²) in [7, 11) is -4.21. The summed E-state index contributed by atoms with van der Waals surface area (Å²) in [6.45, 7) is 1.35. The maximum absolute atomic E-state index is 13.9. The third-order valence-corrected chi connectivity index (χ3v) is 6.52. The highest BCUT2D eigenvalue weighted by Crippen LogP contribution is 2.23. The van der Waals surface area contributed by atoms with Crippen molar-refractivity contribution < 1.29 is 27.4 Å². The minimum Gasteiger partial charge on any atom is -0.507 e. The summed E-state index contributed by atoms with van der Waals surface area (Å²) in [6.07, 6.45) is -1.25. The molecule has 1 aromatic heterocycles. The van der Waals surface area contributed by atoms with Crippen LogP contribution < -0.4 is 4.72 Å². The lowest BCUT2D eigenvalue weighted by atomic mass is 10.1. The van der Waals surface area contributed by atoms with Crippen molar-refractivity contribution in [1.82, 2.24) is 9.97 Å². The van der Waals surface area contributed by atoms with Crippen molar-refractivity contribution in [3.63, 3.8) is 0 Å². The normalized spacial score (nSPS) is 12.9. The number of sulfonamides is 1. The highest BCUT2D eigenvalue weighted by atomic mass is 32.2. The van der Waals surface area contributed by atoms with Crippen LogP contribution >= 0.6 is 0 Å². The smallest absolute Gasteiger partial charge is 0.338 e. The second kappa shape index (κ2) is 9.89. The van der Waals surface area contributed by atoms with Gasteiger partial charge in [0.2, 0.25) is 0 Å². The Morgan fingerprint density at radius 1 is 1.14 bits per heavy atom. The highest BCUT2D eigenvalue weighted by molar-refractivity contribution is 7.92. The maximum atomic E-state index is 13.9. The van der Waals surface area contributed by atoms with Gasteiger partial charge in [-0.1, -0.05) is 30.3 Å². The Bertz CT molecular complexity index is 1610. The minimum absolute atomic E-state index is 0.103. The summed E-state index contributed by atoms with van der Waals surface area (Å²) in [4.78, 5) is 19.6. The third kappa shape index (κ3) is 5.03. The van der Waals surface area contributed by atoms with Crippen molar-refractivity contribution in [3.8, 4) is 6.07 Å². The van der Waals surface area contributed by atoms with E-state index >= 15 is 0 Å². The molecule has 0 aliphatic carbocycles. The highest BCUT2D eigenvalue weighted by Gasteiger charge is 2.23. The van der Waals surface area contributed by atoms with Crippen LogP contribution in [0.15, 0.2) is 83.5 Å². The van der Waals surface area contributed by atoms with E-state index in [2.05, 4.69) is 14.7 Å². The number of ether oxygens (including phenoxy) is 1. The van der Waals surface area contributed by atoms with Crippen LogP contribution in [-0.2, 0) is 14.8 Å². The Morgan fingerprint density at radius 3 is 2.58 bits per heavy atom. The number of aliphatic hydroxyl groups excluding tert-OH is 1. The van der Waals surface area contributed by atoms with Crippen molar-refractivity contribution in [3.05, 3.63) is 95.8 Å². The van der Waals surface area contributed by atoms with E-state index in [1.54, 1.807) is 24.3 Å². The molecule has 4 rings (SSSR count). The van der Waals surface area contributed by atoms with Gasteiger partial charge in [-0.15, -0.1) is 0 Å². The number of benzene rings is 3. The fraction of sp³-hybridized carbons (Fsp3) is 0.0800. The second-order valence-corrected chi connectivity index (χ2v) is 9.32. The fourth-order valence-electron chi connectivity index (χ4n) is 3.33. The number of nitrogens with one attached hydrogen (secondary N) is 2. The molecule has 0 amide bonds. The molecule has 3 aromatic carbocycles. The zero-order valence-electron chi connectivity index (χ0n) is 18.8. The van der Waals surface area contributed by atoms with Gasteiger partial charge in [-0.3, -0.25) is 4.72 Å². The average molecular weight is 507 g/mol. The van der Waals surface area contributed by atoms with Crippen molar-refractivity contribution in [2.75, 3.05) is 4.72 Å². The van der Waals surface area contributed by atoms with Gasteiger partial charge >= 0.3 is 5.97 Å². The molecule has 0 saturated carbocycles. The molecule has 3 N–H and O–H groups in total. The molecule has 0 bridgehead atoms. The predicted molar refractivity (Wildman–Crippen MR) is 130 cm³/mol. The number of aromatic amines is 1. The molecular formula is C25H19FN4O5S. The van der Waals surface area contributed by atoms with Gasteiger partial charge in [0, 0.05) is 0 Å². The van der Waals surface area contributed by atoms with Crippen LogP contribution in [0.5, 0.6) is 0 Å². The summed E-state index contributed by atoms with van der Waals surface area (Å²) < 4.78 is 46.7. The molecule has 1 heterocycles. The van der Waals surface area contributed by atoms with Crippen LogP contribution in [0, 0.1) is 17.1 Å². The number of nitrogens with zero attached hydrogens (tertiary/aromatic N) is 2. The van der Waals surface area contributed by atoms with E-state index < -0.39 is 33.7 Å². The van der Waals surface area contributed by atoms with Crippen molar-refractivity contribution in [2.45, 2.75) is 17.9 Å². The molecule has 0 aliphatic rings. The molecule has 0 saturated heterocycles. The predicted octanol–water partition coefficient (Wildman–Crippen LogP) is 4.54. The Labute approximate surface area is 205 Å². The van der Waals surface area contributed by atoms with Crippen LogP contribution in [-0.4, -0.2) is 35.6 Å². The van der Waals surface area contributed by atoms with E-state index in [4.69, 9.17) is 4.74 Å². The standard InChI is InChI=1S/C25H19FN4O5S/c1-15(23(31)18(14-27)24-28-21-11-4-5-12-22(21)29-24)35-25(32)16-7-6-8-17(13-16)36(33,34)30-20-10-3-2-9-19(20)26/h2-13,15,30-31H,1H3,(H,28,29)/t15-/m1/s1. The molecular weight excluding hydrogens is 487 g/mol. The Hall–Kier alpha value is -4.69. The van der Waals surface area contributed by atoms with E-state index in [0.29, 0.717) is 11.0 Å².